The maximum Gasteiger partial charge on any atom is 0.190 e. The largest absolute Gasteiger partial charge is 0.373 e. The number of Topliss-reactive ketones (excluding diaryl/α,β-unsaturated/α-hetero) is 2. The molecule has 0 bridgehead atoms. The van der Waals surface area contributed by atoms with Crippen molar-refractivity contribution in [1.82, 2.24) is 0 Å². The van der Waals surface area contributed by atoms with Gasteiger partial charge in [0.2, 0.25) is 0 Å². The van der Waals surface area contributed by atoms with Crippen LogP contribution in [-0.2, 0) is 4.74 Å². The van der Waals surface area contributed by atoms with E-state index in [1.165, 1.54) is 32.1 Å². The molecule has 128 valence electrons. The number of epoxide rings is 1. The fourth-order valence-electron chi connectivity index (χ4n) is 3.47. The molecule has 1 aliphatic heterocycles. The fourth-order valence-corrected chi connectivity index (χ4v) is 3.47. The van der Waals surface area contributed by atoms with E-state index < -0.39 is 0 Å². The molecule has 24 heavy (non-hydrogen) atoms. The average Bonchev–Trinajstić information content (AvgIpc) is 3.42. The summed E-state index contributed by atoms with van der Waals surface area (Å²) in [5.74, 6) is 0.0645. The number of ketones is 2. The Morgan fingerprint density at radius 3 is 2.17 bits per heavy atom. The SMILES string of the molecule is CC1=C(CCCCCCCCC2CO2)C(=O)c2ccccc2C1=O. The van der Waals surface area contributed by atoms with E-state index in [1.807, 2.05) is 12.1 Å². The standard InChI is InChI=1S/C21H26O3/c1-15-17(11-7-5-3-2-4-6-10-16-14-24-16)21(23)19-13-9-8-12-18(19)20(15)22/h8-9,12-13,16H,2-7,10-11,14H2,1H3. The van der Waals surface area contributed by atoms with Gasteiger partial charge in [0, 0.05) is 22.3 Å². The van der Waals surface area contributed by atoms with Gasteiger partial charge >= 0.3 is 0 Å². The number of unbranched alkanes of at least 4 members (excludes halogenated alkanes) is 5. The highest BCUT2D eigenvalue weighted by atomic mass is 16.6. The van der Waals surface area contributed by atoms with Crippen LogP contribution in [-0.4, -0.2) is 24.3 Å². The minimum atomic E-state index is 0.0162. The van der Waals surface area contributed by atoms with Crippen LogP contribution >= 0.6 is 0 Å². The summed E-state index contributed by atoms with van der Waals surface area (Å²) in [5, 5.41) is 0. The van der Waals surface area contributed by atoms with Crippen LogP contribution in [0.15, 0.2) is 35.4 Å². The molecule has 1 heterocycles. The predicted octanol–water partition coefficient (Wildman–Crippen LogP) is 4.90. The van der Waals surface area contributed by atoms with E-state index in [2.05, 4.69) is 0 Å². The monoisotopic (exact) mass is 326 g/mol. The molecule has 1 saturated heterocycles. The molecule has 1 aromatic rings. The Kier molecular flexibility index (Phi) is 5.62. The van der Waals surface area contributed by atoms with E-state index in [-0.39, 0.29) is 11.6 Å². The van der Waals surface area contributed by atoms with E-state index in [9.17, 15) is 9.59 Å². The van der Waals surface area contributed by atoms with E-state index in [0.29, 0.717) is 22.8 Å². The lowest BCUT2D eigenvalue weighted by atomic mass is 9.82. The molecule has 0 saturated carbocycles. The Labute approximate surface area is 144 Å². The van der Waals surface area contributed by atoms with Gasteiger partial charge in [-0.1, -0.05) is 56.4 Å². The van der Waals surface area contributed by atoms with Crippen molar-refractivity contribution < 1.29 is 14.3 Å². The van der Waals surface area contributed by atoms with E-state index >= 15 is 0 Å². The Hall–Kier alpha value is -1.74. The normalized spacial score (nSPS) is 19.6. The fraction of sp³-hybridized carbons (Fsp3) is 0.524. The summed E-state index contributed by atoms with van der Waals surface area (Å²) in [6.45, 7) is 2.76. The molecule has 1 aromatic carbocycles. The Balaban J connectivity index is 1.43. The van der Waals surface area contributed by atoms with Crippen LogP contribution in [0.3, 0.4) is 0 Å². The van der Waals surface area contributed by atoms with Gasteiger partial charge in [-0.3, -0.25) is 9.59 Å². The smallest absolute Gasteiger partial charge is 0.190 e. The van der Waals surface area contributed by atoms with Gasteiger partial charge < -0.3 is 4.74 Å². The molecular formula is C21H26O3. The molecule has 0 aromatic heterocycles. The van der Waals surface area contributed by atoms with Crippen molar-refractivity contribution in [2.45, 2.75) is 64.4 Å². The van der Waals surface area contributed by atoms with Crippen molar-refractivity contribution in [3.63, 3.8) is 0 Å². The van der Waals surface area contributed by atoms with Crippen LogP contribution < -0.4 is 0 Å². The van der Waals surface area contributed by atoms with Crippen LogP contribution in [0, 0.1) is 0 Å². The molecule has 1 unspecified atom stereocenters. The van der Waals surface area contributed by atoms with E-state index in [1.54, 1.807) is 19.1 Å². The van der Waals surface area contributed by atoms with Gasteiger partial charge in [0.25, 0.3) is 0 Å². The second-order valence-corrected chi connectivity index (χ2v) is 6.92. The third-order valence-corrected chi connectivity index (χ3v) is 5.09. The number of rotatable bonds is 9. The van der Waals surface area contributed by atoms with Crippen LogP contribution in [0.2, 0.25) is 0 Å². The highest BCUT2D eigenvalue weighted by Crippen LogP contribution is 2.29. The summed E-state index contributed by atoms with van der Waals surface area (Å²) in [4.78, 5) is 25.0. The summed E-state index contributed by atoms with van der Waals surface area (Å²) < 4.78 is 5.21. The van der Waals surface area contributed by atoms with Gasteiger partial charge in [-0.05, 0) is 26.2 Å². The molecule has 1 aliphatic carbocycles. The lowest BCUT2D eigenvalue weighted by Gasteiger charge is -2.18. The summed E-state index contributed by atoms with van der Waals surface area (Å²) >= 11 is 0. The number of carbonyl (C=O) groups is 2. The number of carbonyl (C=O) groups excluding carboxylic acids is 2. The number of hydrogen-bond donors (Lipinski definition) is 0. The number of hydrogen-bond acceptors (Lipinski definition) is 3. The summed E-state index contributed by atoms with van der Waals surface area (Å²) in [6, 6.07) is 7.17. The number of allylic oxidation sites excluding steroid dienone is 2. The minimum Gasteiger partial charge on any atom is -0.373 e. The molecule has 3 rings (SSSR count). The van der Waals surface area contributed by atoms with Crippen LogP contribution in [0.5, 0.6) is 0 Å². The molecule has 0 amide bonds. The molecule has 0 radical (unpaired) electrons. The molecule has 1 atom stereocenters. The third-order valence-electron chi connectivity index (χ3n) is 5.09. The number of fused-ring (bicyclic) bond motifs is 1. The first kappa shape index (κ1) is 17.1. The summed E-state index contributed by atoms with van der Waals surface area (Å²) in [6.07, 6.45) is 9.59. The maximum atomic E-state index is 12.6. The van der Waals surface area contributed by atoms with Crippen molar-refractivity contribution in [1.29, 1.82) is 0 Å². The third kappa shape index (κ3) is 4.02. The minimum absolute atomic E-state index is 0.0162. The molecule has 2 aliphatic rings. The number of benzene rings is 1. The topological polar surface area (TPSA) is 46.7 Å². The molecule has 3 heteroatoms. The zero-order chi connectivity index (χ0) is 16.9. The lowest BCUT2D eigenvalue weighted by Crippen LogP contribution is -2.20. The van der Waals surface area contributed by atoms with Crippen LogP contribution in [0.4, 0.5) is 0 Å². The Morgan fingerprint density at radius 1 is 0.917 bits per heavy atom. The van der Waals surface area contributed by atoms with Crippen molar-refractivity contribution in [3.8, 4) is 0 Å². The van der Waals surface area contributed by atoms with Crippen molar-refractivity contribution >= 4 is 11.6 Å². The highest BCUT2D eigenvalue weighted by molar-refractivity contribution is 6.26. The second-order valence-electron chi connectivity index (χ2n) is 6.92. The molecule has 0 N–H and O–H groups in total. The average molecular weight is 326 g/mol. The predicted molar refractivity (Wildman–Crippen MR) is 94.5 cm³/mol. The van der Waals surface area contributed by atoms with E-state index in [0.717, 1.165) is 31.4 Å². The van der Waals surface area contributed by atoms with Crippen molar-refractivity contribution in [2.75, 3.05) is 6.61 Å². The van der Waals surface area contributed by atoms with Gasteiger partial charge in [0.05, 0.1) is 12.7 Å². The van der Waals surface area contributed by atoms with Crippen LogP contribution in [0.1, 0.15) is 79.0 Å². The number of ether oxygens (including phenoxy) is 1. The first-order chi connectivity index (χ1) is 11.7. The van der Waals surface area contributed by atoms with Gasteiger partial charge in [-0.2, -0.15) is 0 Å². The lowest BCUT2D eigenvalue weighted by molar-refractivity contribution is 0.0971. The first-order valence-corrected chi connectivity index (χ1v) is 9.18. The molecule has 0 spiro atoms. The Morgan fingerprint density at radius 2 is 1.50 bits per heavy atom. The van der Waals surface area contributed by atoms with E-state index in [4.69, 9.17) is 4.74 Å². The summed E-state index contributed by atoms with van der Waals surface area (Å²) in [7, 11) is 0. The maximum absolute atomic E-state index is 12.6. The zero-order valence-electron chi connectivity index (χ0n) is 14.5. The van der Waals surface area contributed by atoms with Crippen molar-refractivity contribution in [2.24, 2.45) is 0 Å². The van der Waals surface area contributed by atoms with Gasteiger partial charge in [0.1, 0.15) is 0 Å². The van der Waals surface area contributed by atoms with Crippen LogP contribution in [0.25, 0.3) is 0 Å². The molecular weight excluding hydrogens is 300 g/mol. The van der Waals surface area contributed by atoms with Crippen molar-refractivity contribution in [3.05, 3.63) is 46.5 Å². The molecule has 3 nitrogen and oxygen atoms in total. The highest BCUT2D eigenvalue weighted by Gasteiger charge is 2.28. The van der Waals surface area contributed by atoms with Gasteiger partial charge in [-0.15, -0.1) is 0 Å². The molecule has 1 fully saturated rings. The van der Waals surface area contributed by atoms with Gasteiger partial charge in [0.15, 0.2) is 11.6 Å². The first-order valence-electron chi connectivity index (χ1n) is 9.18. The quantitative estimate of drug-likeness (QED) is 0.479. The van der Waals surface area contributed by atoms with Gasteiger partial charge in [-0.25, -0.2) is 0 Å². The summed E-state index contributed by atoms with van der Waals surface area (Å²) in [5.41, 5.74) is 2.50. The Bertz CT molecular complexity index is 653. The second kappa shape index (κ2) is 7.89. The zero-order valence-corrected chi connectivity index (χ0v) is 14.5.